The van der Waals surface area contributed by atoms with Crippen LogP contribution in [-0.4, -0.2) is 16.8 Å². The molecule has 2 amide bonds. The molecule has 0 spiro atoms. The van der Waals surface area contributed by atoms with E-state index in [1.807, 2.05) is 18.2 Å². The Morgan fingerprint density at radius 3 is 2.84 bits per heavy atom. The van der Waals surface area contributed by atoms with Crippen LogP contribution < -0.4 is 10.6 Å². The van der Waals surface area contributed by atoms with E-state index >= 15 is 0 Å². The number of benzene rings is 1. The summed E-state index contributed by atoms with van der Waals surface area (Å²) >= 11 is 0. The molecular weight excluding hydrogens is 314 g/mol. The topological polar surface area (TPSA) is 71.1 Å². The Balaban J connectivity index is 1.55. The largest absolute Gasteiger partial charge is 0.346 e. The molecule has 2 aromatic rings. The molecule has 5 heteroatoms. The zero-order valence-electron chi connectivity index (χ0n) is 13.9. The average Bonchev–Trinajstić information content (AvgIpc) is 3.13. The Morgan fingerprint density at radius 1 is 1.16 bits per heavy atom. The molecule has 1 atom stereocenters. The SMILES string of the molecule is O=C(C[C@@H]1C=CCC1)Nc1cccc(C(=O)NCc2ccccn2)c1. The van der Waals surface area contributed by atoms with E-state index in [1.54, 1.807) is 30.5 Å². The van der Waals surface area contributed by atoms with Crippen LogP contribution in [0.1, 0.15) is 35.3 Å². The van der Waals surface area contributed by atoms with Gasteiger partial charge in [-0.25, -0.2) is 0 Å². The van der Waals surface area contributed by atoms with Crippen molar-refractivity contribution in [2.45, 2.75) is 25.8 Å². The molecule has 0 unspecified atom stereocenters. The second-order valence-corrected chi connectivity index (χ2v) is 6.10. The number of rotatable bonds is 6. The molecule has 1 aromatic heterocycles. The minimum absolute atomic E-state index is 0.0254. The van der Waals surface area contributed by atoms with Crippen molar-refractivity contribution in [3.05, 3.63) is 72.1 Å². The third-order valence-corrected chi connectivity index (χ3v) is 4.12. The molecule has 0 fully saturated rings. The van der Waals surface area contributed by atoms with Crippen LogP contribution in [0.5, 0.6) is 0 Å². The number of hydrogen-bond donors (Lipinski definition) is 2. The summed E-state index contributed by atoms with van der Waals surface area (Å²) in [6, 6.07) is 12.5. The van der Waals surface area contributed by atoms with Crippen LogP contribution in [-0.2, 0) is 11.3 Å². The number of hydrogen-bond acceptors (Lipinski definition) is 3. The molecule has 1 aliphatic rings. The first kappa shape index (κ1) is 16.9. The van der Waals surface area contributed by atoms with Crippen molar-refractivity contribution >= 4 is 17.5 Å². The van der Waals surface area contributed by atoms with Crippen LogP contribution in [0.15, 0.2) is 60.8 Å². The monoisotopic (exact) mass is 335 g/mol. The lowest BCUT2D eigenvalue weighted by atomic mass is 10.0. The molecule has 5 nitrogen and oxygen atoms in total. The van der Waals surface area contributed by atoms with Gasteiger partial charge in [0.1, 0.15) is 0 Å². The Bertz CT molecular complexity index is 772. The quantitative estimate of drug-likeness (QED) is 0.796. The number of carbonyl (C=O) groups is 2. The summed E-state index contributed by atoms with van der Waals surface area (Å²) in [5.41, 5.74) is 1.94. The zero-order valence-corrected chi connectivity index (χ0v) is 13.9. The summed E-state index contributed by atoms with van der Waals surface area (Å²) in [5, 5.41) is 5.70. The number of nitrogens with one attached hydrogen (secondary N) is 2. The zero-order chi connectivity index (χ0) is 17.5. The number of pyridine rings is 1. The van der Waals surface area contributed by atoms with Gasteiger partial charge in [0.05, 0.1) is 12.2 Å². The average molecular weight is 335 g/mol. The lowest BCUT2D eigenvalue weighted by Gasteiger charge is -2.10. The van der Waals surface area contributed by atoms with Gasteiger partial charge in [-0.3, -0.25) is 14.6 Å². The Hall–Kier alpha value is -2.95. The molecular formula is C20H21N3O2. The molecule has 3 rings (SSSR count). The number of aromatic nitrogens is 1. The van der Waals surface area contributed by atoms with Crippen molar-refractivity contribution in [1.82, 2.24) is 10.3 Å². The highest BCUT2D eigenvalue weighted by atomic mass is 16.2. The third-order valence-electron chi connectivity index (χ3n) is 4.12. The van der Waals surface area contributed by atoms with Gasteiger partial charge in [0.2, 0.25) is 5.91 Å². The van der Waals surface area contributed by atoms with Crippen molar-refractivity contribution in [1.29, 1.82) is 0 Å². The predicted octanol–water partition coefficient (Wildman–Crippen LogP) is 3.31. The first-order chi connectivity index (χ1) is 12.2. The summed E-state index contributed by atoms with van der Waals surface area (Å²) in [6.07, 6.45) is 8.46. The summed E-state index contributed by atoms with van der Waals surface area (Å²) in [5.74, 6) is 0.105. The molecule has 0 radical (unpaired) electrons. The van der Waals surface area contributed by atoms with E-state index in [2.05, 4.69) is 27.8 Å². The Morgan fingerprint density at radius 2 is 2.08 bits per heavy atom. The van der Waals surface area contributed by atoms with E-state index in [0.29, 0.717) is 30.1 Å². The standard InChI is InChI=1S/C20H21N3O2/c24-19(12-15-6-1-2-7-15)23-17-10-5-8-16(13-17)20(25)22-14-18-9-3-4-11-21-18/h1,3-6,8-11,13,15H,2,7,12,14H2,(H,22,25)(H,23,24)/t15-/m1/s1. The summed E-state index contributed by atoms with van der Waals surface area (Å²) < 4.78 is 0. The van der Waals surface area contributed by atoms with Crippen molar-refractivity contribution < 1.29 is 9.59 Å². The van der Waals surface area contributed by atoms with E-state index in [4.69, 9.17) is 0 Å². The van der Waals surface area contributed by atoms with Crippen LogP contribution >= 0.6 is 0 Å². The smallest absolute Gasteiger partial charge is 0.251 e. The van der Waals surface area contributed by atoms with E-state index < -0.39 is 0 Å². The van der Waals surface area contributed by atoms with Crippen LogP contribution in [0.4, 0.5) is 5.69 Å². The first-order valence-corrected chi connectivity index (χ1v) is 8.45. The van der Waals surface area contributed by atoms with Gasteiger partial charge in [-0.1, -0.05) is 24.3 Å². The molecule has 0 aliphatic heterocycles. The third kappa shape index (κ3) is 5.01. The molecule has 1 aliphatic carbocycles. The molecule has 128 valence electrons. The maximum absolute atomic E-state index is 12.3. The second-order valence-electron chi connectivity index (χ2n) is 6.10. The molecule has 0 bridgehead atoms. The fraction of sp³-hybridized carbons (Fsp3) is 0.250. The van der Waals surface area contributed by atoms with Gasteiger partial charge in [-0.15, -0.1) is 0 Å². The molecule has 2 N–H and O–H groups in total. The lowest BCUT2D eigenvalue weighted by Crippen LogP contribution is -2.23. The van der Waals surface area contributed by atoms with E-state index in [1.165, 1.54) is 0 Å². The summed E-state index contributed by atoms with van der Waals surface area (Å²) in [4.78, 5) is 28.6. The van der Waals surface area contributed by atoms with Crippen molar-refractivity contribution in [3.8, 4) is 0 Å². The number of amides is 2. The second kappa shape index (κ2) is 8.24. The fourth-order valence-corrected chi connectivity index (χ4v) is 2.83. The number of carbonyl (C=O) groups excluding carboxylic acids is 2. The highest BCUT2D eigenvalue weighted by Gasteiger charge is 2.14. The molecule has 25 heavy (non-hydrogen) atoms. The van der Waals surface area contributed by atoms with Gasteiger partial charge >= 0.3 is 0 Å². The van der Waals surface area contributed by atoms with Gasteiger partial charge in [0.15, 0.2) is 0 Å². The van der Waals surface area contributed by atoms with Gasteiger partial charge < -0.3 is 10.6 Å². The van der Waals surface area contributed by atoms with E-state index in [-0.39, 0.29) is 11.8 Å². The minimum Gasteiger partial charge on any atom is -0.346 e. The van der Waals surface area contributed by atoms with Gasteiger partial charge in [-0.2, -0.15) is 0 Å². The summed E-state index contributed by atoms with van der Waals surface area (Å²) in [6.45, 7) is 0.365. The van der Waals surface area contributed by atoms with E-state index in [0.717, 1.165) is 18.5 Å². The highest BCUT2D eigenvalue weighted by molar-refractivity contribution is 5.97. The van der Waals surface area contributed by atoms with Crippen molar-refractivity contribution in [3.63, 3.8) is 0 Å². The summed E-state index contributed by atoms with van der Waals surface area (Å²) in [7, 11) is 0. The normalized spacial score (nSPS) is 15.8. The first-order valence-electron chi connectivity index (χ1n) is 8.45. The highest BCUT2D eigenvalue weighted by Crippen LogP contribution is 2.21. The predicted molar refractivity (Wildman–Crippen MR) is 97.0 cm³/mol. The molecule has 0 saturated heterocycles. The van der Waals surface area contributed by atoms with Gasteiger partial charge in [0.25, 0.3) is 5.91 Å². The Kier molecular flexibility index (Phi) is 5.57. The van der Waals surface area contributed by atoms with Gasteiger partial charge in [-0.05, 0) is 49.1 Å². The number of nitrogens with zero attached hydrogens (tertiary/aromatic N) is 1. The van der Waals surface area contributed by atoms with Crippen LogP contribution in [0.2, 0.25) is 0 Å². The maximum Gasteiger partial charge on any atom is 0.251 e. The number of anilines is 1. The number of allylic oxidation sites excluding steroid dienone is 2. The molecule has 0 saturated carbocycles. The minimum atomic E-state index is -0.194. The van der Waals surface area contributed by atoms with Crippen LogP contribution in [0, 0.1) is 5.92 Å². The van der Waals surface area contributed by atoms with Crippen LogP contribution in [0.25, 0.3) is 0 Å². The molecule has 1 heterocycles. The van der Waals surface area contributed by atoms with Gasteiger partial charge in [0, 0.05) is 23.9 Å². The van der Waals surface area contributed by atoms with Crippen LogP contribution in [0.3, 0.4) is 0 Å². The maximum atomic E-state index is 12.3. The lowest BCUT2D eigenvalue weighted by molar-refractivity contribution is -0.116. The Labute approximate surface area is 147 Å². The van der Waals surface area contributed by atoms with Crippen molar-refractivity contribution in [2.75, 3.05) is 5.32 Å². The van der Waals surface area contributed by atoms with E-state index in [9.17, 15) is 9.59 Å². The van der Waals surface area contributed by atoms with Crippen molar-refractivity contribution in [2.24, 2.45) is 5.92 Å². The molecule has 1 aromatic carbocycles. The fourth-order valence-electron chi connectivity index (χ4n) is 2.83.